The summed E-state index contributed by atoms with van der Waals surface area (Å²) in [4.78, 5) is 29.0. The molecule has 0 radical (unpaired) electrons. The second kappa shape index (κ2) is 22.1. The second-order valence-corrected chi connectivity index (χ2v) is 24.5. The third-order valence-corrected chi connectivity index (χ3v) is 16.4. The number of nitrogens with zero attached hydrogens (tertiary/aromatic N) is 8. The minimum atomic E-state index is -5.16. The molecule has 0 saturated carbocycles. The van der Waals surface area contributed by atoms with Gasteiger partial charge in [0.15, 0.2) is 32.6 Å². The highest BCUT2D eigenvalue weighted by atomic mass is 35.5. The number of hydrogen-bond acceptors (Lipinski definition) is 26. The molecule has 0 unspecified atom stereocenters. The van der Waals surface area contributed by atoms with Crippen LogP contribution >= 0.6 is 34.8 Å². The summed E-state index contributed by atoms with van der Waals surface area (Å²) in [5, 5.41) is 15.3. The van der Waals surface area contributed by atoms with Gasteiger partial charge in [-0.05, 0) is 84.2 Å². The highest BCUT2D eigenvalue weighted by molar-refractivity contribution is 7.87. The number of aromatic nitrogens is 7. The molecule has 31 nitrogen and oxygen atoms in total. The predicted octanol–water partition coefficient (Wildman–Crippen LogP) is 5.93. The molecule has 2 aliphatic heterocycles. The Balaban J connectivity index is 0.956. The van der Waals surface area contributed by atoms with Crippen LogP contribution in [0.5, 0.6) is 11.5 Å². The van der Waals surface area contributed by atoms with Crippen molar-refractivity contribution in [1.82, 2.24) is 34.9 Å². The van der Waals surface area contributed by atoms with E-state index in [4.69, 9.17) is 44.0 Å². The lowest BCUT2D eigenvalue weighted by atomic mass is 10.0. The number of fused-ring (bicyclic) bond motifs is 4. The summed E-state index contributed by atoms with van der Waals surface area (Å²) in [5.74, 6) is -1.82. The molecular weight excluding hydrogens is 1240 g/mol. The standard InChI is InChI=1S/C42H35Cl3N14O17S5/c1-2-19-29-34(76-33-22(50-29)9-11-25(36(33)81(72,73)74)47-14-16-49-40-55-38(45)57-42(59-40)53-21-8-7-18(77(60,61)62)17-27(21)79(66,67)68)28(43)30-31(19)75-32-23(51-30)10-12-24(35(32)80(69,70)71)46-13-15-48-39-54-37(44)56-41(58-39)52-20-5-3-4-6-26(20)78(63,64)65/h3-12,17,46,51H,2,13-16H2,1H3,(H,60,61,62)(H,63,64,65)(H,66,67,68)(H,69,70,71)(H,72,73,74)(H2,48,52,54,56,58)(H2,49,53,55,57,59). The highest BCUT2D eigenvalue weighted by Gasteiger charge is 2.35. The molecule has 0 spiro atoms. The lowest BCUT2D eigenvalue weighted by Gasteiger charge is -2.28. The Kier molecular flexibility index (Phi) is 15.9. The van der Waals surface area contributed by atoms with Crippen LogP contribution in [-0.4, -0.2) is 126 Å². The number of ether oxygens (including phenoxy) is 1. The molecule has 1 aliphatic carbocycles. The van der Waals surface area contributed by atoms with Crippen LogP contribution in [0.25, 0.3) is 22.6 Å². The molecule has 11 N–H and O–H groups in total. The summed E-state index contributed by atoms with van der Waals surface area (Å²) in [6, 6.07) is 12.9. The number of anilines is 9. The van der Waals surface area contributed by atoms with Gasteiger partial charge in [0.25, 0.3) is 40.5 Å². The van der Waals surface area contributed by atoms with Gasteiger partial charge in [-0.3, -0.25) is 27.8 Å². The fourth-order valence-electron chi connectivity index (χ4n) is 7.90. The fourth-order valence-corrected chi connectivity index (χ4v) is 12.0. The molecule has 9 rings (SSSR count). The molecular formula is C42H35Cl3N14O17S5. The summed E-state index contributed by atoms with van der Waals surface area (Å²) >= 11 is 19.1. The van der Waals surface area contributed by atoms with E-state index in [2.05, 4.69) is 71.8 Å². The Bertz CT molecular complexity index is 4550. The van der Waals surface area contributed by atoms with E-state index in [1.807, 2.05) is 0 Å². The fraction of sp³-hybridized carbons (Fsp3) is 0.143. The minimum absolute atomic E-state index is 0.00845. The lowest BCUT2D eigenvalue weighted by molar-refractivity contribution is 0.446. The largest absolute Gasteiger partial charge is 0.451 e. The van der Waals surface area contributed by atoms with Crippen molar-refractivity contribution in [1.29, 1.82) is 0 Å². The zero-order chi connectivity index (χ0) is 58.6. The molecule has 0 bridgehead atoms. The number of benzene rings is 5. The lowest BCUT2D eigenvalue weighted by Crippen LogP contribution is -2.20. The average molecular weight is 1270 g/mol. The van der Waals surface area contributed by atoms with E-state index in [0.717, 1.165) is 18.2 Å². The number of hydrogen-bond donors (Lipinski definition) is 11. The Morgan fingerprint density at radius 2 is 1.16 bits per heavy atom. The smallest absolute Gasteiger partial charge is 0.300 e. The maximum absolute atomic E-state index is 13.1. The summed E-state index contributed by atoms with van der Waals surface area (Å²) < 4.78 is 186. The van der Waals surface area contributed by atoms with Gasteiger partial charge in [-0.15, -0.1) is 0 Å². The van der Waals surface area contributed by atoms with Crippen LogP contribution in [0.3, 0.4) is 0 Å². The Labute approximate surface area is 471 Å². The molecule has 2 aromatic heterocycles. The van der Waals surface area contributed by atoms with Crippen molar-refractivity contribution in [2.75, 3.05) is 58.1 Å². The van der Waals surface area contributed by atoms with Crippen LogP contribution in [0.1, 0.15) is 12.5 Å². The highest BCUT2D eigenvalue weighted by Crippen LogP contribution is 2.54. The molecule has 0 saturated heterocycles. The van der Waals surface area contributed by atoms with Gasteiger partial charge in [0.2, 0.25) is 34.4 Å². The zero-order valence-corrected chi connectivity index (χ0v) is 46.6. The first-order valence-electron chi connectivity index (χ1n) is 22.4. The maximum Gasteiger partial charge on any atom is 0.300 e. The van der Waals surface area contributed by atoms with E-state index < -0.39 is 97.7 Å². The van der Waals surface area contributed by atoms with Gasteiger partial charge in [0.05, 0.1) is 39.5 Å². The van der Waals surface area contributed by atoms with E-state index in [1.165, 1.54) is 42.5 Å². The van der Waals surface area contributed by atoms with Crippen LogP contribution in [0.15, 0.2) is 101 Å². The molecule has 39 heteroatoms. The summed E-state index contributed by atoms with van der Waals surface area (Å²) in [7, 11) is -24.8. The third kappa shape index (κ3) is 12.7. The van der Waals surface area contributed by atoms with Crippen molar-refractivity contribution in [3.63, 3.8) is 0 Å². The molecule has 81 heavy (non-hydrogen) atoms. The van der Waals surface area contributed by atoms with Crippen molar-refractivity contribution in [3.8, 4) is 23.0 Å². The second-order valence-electron chi connectivity index (χ2n) is 16.5. The van der Waals surface area contributed by atoms with Crippen LogP contribution in [0.4, 0.5) is 52.2 Å². The number of halogens is 3. The molecule has 426 valence electrons. The first-order valence-corrected chi connectivity index (χ1v) is 30.7. The third-order valence-electron chi connectivity index (χ3n) is 11.2. The van der Waals surface area contributed by atoms with Gasteiger partial charge >= 0.3 is 10.1 Å². The molecule has 0 amide bonds. The van der Waals surface area contributed by atoms with Gasteiger partial charge in [0.1, 0.15) is 31.7 Å². The van der Waals surface area contributed by atoms with Gasteiger partial charge in [-0.1, -0.05) is 30.7 Å². The molecule has 6 aromatic rings. The number of nitrogens with one attached hydrogen (secondary N) is 6. The van der Waals surface area contributed by atoms with E-state index in [0.29, 0.717) is 6.07 Å². The van der Waals surface area contributed by atoms with E-state index in [-0.39, 0.29) is 123 Å². The van der Waals surface area contributed by atoms with E-state index in [9.17, 15) is 64.9 Å². The summed E-state index contributed by atoms with van der Waals surface area (Å²) in [6.07, 6.45) is 0.114. The number of rotatable bonds is 19. The van der Waals surface area contributed by atoms with E-state index >= 15 is 0 Å². The first-order chi connectivity index (χ1) is 38.0. The van der Waals surface area contributed by atoms with Gasteiger partial charge in [0, 0.05) is 25.2 Å². The van der Waals surface area contributed by atoms with Crippen molar-refractivity contribution in [2.45, 2.75) is 37.8 Å². The van der Waals surface area contributed by atoms with E-state index in [1.54, 1.807) is 6.92 Å². The van der Waals surface area contributed by atoms with Crippen LogP contribution in [-0.2, 0) is 57.0 Å². The van der Waals surface area contributed by atoms with Gasteiger partial charge < -0.3 is 41.1 Å². The molecule has 3 aliphatic rings. The monoisotopic (exact) mass is 1270 g/mol. The van der Waals surface area contributed by atoms with Crippen molar-refractivity contribution >= 4 is 149 Å². The summed E-state index contributed by atoms with van der Waals surface area (Å²) in [5.41, 5.74) is -0.647. The van der Waals surface area contributed by atoms with Crippen molar-refractivity contribution in [2.24, 2.45) is 4.99 Å². The maximum atomic E-state index is 13.1. The Hall–Kier alpha value is -7.46. The van der Waals surface area contributed by atoms with Gasteiger partial charge in [-0.25, -0.2) is 4.98 Å². The minimum Gasteiger partial charge on any atom is -0.451 e. The van der Waals surface area contributed by atoms with Crippen molar-refractivity contribution in [3.05, 3.63) is 93.2 Å². The SMILES string of the molecule is CCc1c2c(c(Cl)c3oc4c(S(=O)(=O)O)c(=NCCNc5nc(Cl)nc(Nc6ccc(S(=O)(=O)O)cc6S(=O)(=O)O)n5)ccc-4nc13)Nc1ccc(NCCNc3nc(Cl)nc(Nc4ccccc4S(=O)(=O)O)n3)c(S(=O)(=O)O)c1O2. The quantitative estimate of drug-likeness (QED) is 0.0254. The van der Waals surface area contributed by atoms with Crippen LogP contribution < -0.4 is 42.0 Å². The predicted molar refractivity (Wildman–Crippen MR) is 289 cm³/mol. The number of aryl methyl sites for hydroxylation is 1. The number of para-hydroxylation sites is 1. The normalized spacial score (nSPS) is 13.0. The Morgan fingerprint density at radius 1 is 0.580 bits per heavy atom. The molecule has 4 heterocycles. The average Bonchev–Trinajstić information content (AvgIpc) is 3.45. The first kappa shape index (κ1) is 58.2. The molecule has 4 aromatic carbocycles. The molecule has 0 fully saturated rings. The van der Waals surface area contributed by atoms with Crippen LogP contribution in [0, 0.1) is 0 Å². The van der Waals surface area contributed by atoms with Crippen LogP contribution in [0.2, 0.25) is 15.6 Å². The van der Waals surface area contributed by atoms with Crippen molar-refractivity contribution < 1.29 is 74.0 Å². The summed E-state index contributed by atoms with van der Waals surface area (Å²) in [6.45, 7) is 1.21. The molecule has 0 atom stereocenters. The zero-order valence-electron chi connectivity index (χ0n) is 40.3. The Morgan fingerprint density at radius 3 is 1.77 bits per heavy atom. The van der Waals surface area contributed by atoms with Gasteiger partial charge in [-0.2, -0.15) is 72.0 Å². The topological polar surface area (TPSA) is 469 Å².